The van der Waals surface area contributed by atoms with Gasteiger partial charge in [-0.1, -0.05) is 30.8 Å². The number of para-hydroxylation sites is 1. The van der Waals surface area contributed by atoms with Gasteiger partial charge >= 0.3 is 0 Å². The molecule has 0 saturated carbocycles. The molecule has 2 aromatic carbocycles. The first-order valence-corrected chi connectivity index (χ1v) is 10.2. The lowest BCUT2D eigenvalue weighted by atomic mass is 10.2. The number of aromatic nitrogens is 2. The molecule has 0 fully saturated rings. The van der Waals surface area contributed by atoms with Crippen LogP contribution in [0.3, 0.4) is 0 Å². The van der Waals surface area contributed by atoms with E-state index in [1.807, 2.05) is 26.0 Å². The molecular formula is C21H22FN3O2S. The Labute approximate surface area is 167 Å². The van der Waals surface area contributed by atoms with Crippen LogP contribution in [0.2, 0.25) is 0 Å². The van der Waals surface area contributed by atoms with Gasteiger partial charge in [0.2, 0.25) is 5.91 Å². The summed E-state index contributed by atoms with van der Waals surface area (Å²) in [6, 6.07) is 13.1. The summed E-state index contributed by atoms with van der Waals surface area (Å²) in [4.78, 5) is 31.7. The first-order chi connectivity index (χ1) is 13.5. The molecule has 0 saturated heterocycles. The third-order valence-electron chi connectivity index (χ3n) is 4.35. The van der Waals surface area contributed by atoms with Crippen LogP contribution in [0.15, 0.2) is 58.5 Å². The van der Waals surface area contributed by atoms with E-state index in [1.165, 1.54) is 23.9 Å². The molecule has 0 unspecified atom stereocenters. The number of thioether (sulfide) groups is 1. The number of amides is 1. The normalized spacial score (nSPS) is 11.0. The molecule has 1 aromatic heterocycles. The van der Waals surface area contributed by atoms with Crippen LogP contribution in [0.1, 0.15) is 20.3 Å². The van der Waals surface area contributed by atoms with Crippen molar-refractivity contribution in [2.24, 2.45) is 0 Å². The quantitative estimate of drug-likeness (QED) is 0.444. The van der Waals surface area contributed by atoms with Crippen molar-refractivity contribution < 1.29 is 9.18 Å². The molecule has 0 atom stereocenters. The van der Waals surface area contributed by atoms with Gasteiger partial charge in [0.1, 0.15) is 5.82 Å². The van der Waals surface area contributed by atoms with Crippen LogP contribution in [0.4, 0.5) is 10.1 Å². The van der Waals surface area contributed by atoms with Crippen molar-refractivity contribution >= 4 is 34.3 Å². The van der Waals surface area contributed by atoms with Crippen molar-refractivity contribution in [3.63, 3.8) is 0 Å². The highest BCUT2D eigenvalue weighted by molar-refractivity contribution is 7.99. The molecule has 5 nitrogen and oxygen atoms in total. The minimum Gasteiger partial charge on any atom is -0.312 e. The van der Waals surface area contributed by atoms with Crippen LogP contribution in [-0.4, -0.2) is 27.8 Å². The minimum atomic E-state index is -0.342. The number of halogens is 1. The Morgan fingerprint density at radius 3 is 2.54 bits per heavy atom. The van der Waals surface area contributed by atoms with Crippen LogP contribution in [0.5, 0.6) is 0 Å². The molecule has 1 amide bonds. The molecule has 0 spiro atoms. The number of hydrogen-bond donors (Lipinski definition) is 0. The SMILES string of the molecule is CCCn1c(SCC(=O)N(CC)c2ccc(F)cc2)nc2ccccc2c1=O. The van der Waals surface area contributed by atoms with E-state index in [2.05, 4.69) is 4.98 Å². The number of fused-ring (bicyclic) bond motifs is 1. The molecule has 0 aliphatic heterocycles. The molecule has 0 aliphatic rings. The van der Waals surface area contributed by atoms with Crippen LogP contribution in [-0.2, 0) is 11.3 Å². The Morgan fingerprint density at radius 1 is 1.14 bits per heavy atom. The smallest absolute Gasteiger partial charge is 0.262 e. The fourth-order valence-electron chi connectivity index (χ4n) is 3.01. The second-order valence-electron chi connectivity index (χ2n) is 6.27. The van der Waals surface area contributed by atoms with E-state index < -0.39 is 0 Å². The molecular weight excluding hydrogens is 377 g/mol. The zero-order chi connectivity index (χ0) is 20.1. The predicted octanol–water partition coefficient (Wildman–Crippen LogP) is 4.09. The molecule has 0 N–H and O–H groups in total. The Balaban J connectivity index is 1.85. The Bertz CT molecular complexity index is 1030. The fraction of sp³-hybridized carbons (Fsp3) is 0.286. The summed E-state index contributed by atoms with van der Waals surface area (Å²) in [7, 11) is 0. The van der Waals surface area contributed by atoms with Crippen LogP contribution < -0.4 is 10.5 Å². The van der Waals surface area contributed by atoms with Gasteiger partial charge in [-0.25, -0.2) is 9.37 Å². The summed E-state index contributed by atoms with van der Waals surface area (Å²) in [5.74, 6) is -0.324. The number of carbonyl (C=O) groups is 1. The van der Waals surface area contributed by atoms with E-state index in [-0.39, 0.29) is 23.0 Å². The summed E-state index contributed by atoms with van der Waals surface area (Å²) >= 11 is 1.25. The summed E-state index contributed by atoms with van der Waals surface area (Å²) in [6.07, 6.45) is 0.790. The molecule has 146 valence electrons. The van der Waals surface area contributed by atoms with Crippen LogP contribution >= 0.6 is 11.8 Å². The molecule has 28 heavy (non-hydrogen) atoms. The fourth-order valence-corrected chi connectivity index (χ4v) is 3.91. The topological polar surface area (TPSA) is 55.2 Å². The van der Waals surface area contributed by atoms with E-state index in [0.717, 1.165) is 6.42 Å². The maximum atomic E-state index is 13.2. The summed E-state index contributed by atoms with van der Waals surface area (Å²) in [5.41, 5.74) is 1.18. The number of anilines is 1. The Kier molecular flexibility index (Phi) is 6.46. The molecule has 7 heteroatoms. The van der Waals surface area contributed by atoms with Crippen molar-refractivity contribution in [2.75, 3.05) is 17.2 Å². The van der Waals surface area contributed by atoms with Crippen LogP contribution in [0, 0.1) is 5.82 Å². The second-order valence-corrected chi connectivity index (χ2v) is 7.21. The largest absolute Gasteiger partial charge is 0.312 e. The number of hydrogen-bond acceptors (Lipinski definition) is 4. The highest BCUT2D eigenvalue weighted by atomic mass is 32.2. The van der Waals surface area contributed by atoms with Gasteiger partial charge in [-0.3, -0.25) is 14.2 Å². The van der Waals surface area contributed by atoms with Gasteiger partial charge in [0.25, 0.3) is 5.56 Å². The van der Waals surface area contributed by atoms with E-state index in [4.69, 9.17) is 0 Å². The van der Waals surface area contributed by atoms with Gasteiger partial charge in [-0.15, -0.1) is 0 Å². The zero-order valence-corrected chi connectivity index (χ0v) is 16.7. The number of rotatable bonds is 7. The Hall–Kier alpha value is -2.67. The van der Waals surface area contributed by atoms with Gasteiger partial charge < -0.3 is 4.90 Å². The molecule has 0 aliphatic carbocycles. The van der Waals surface area contributed by atoms with E-state index in [9.17, 15) is 14.0 Å². The lowest BCUT2D eigenvalue weighted by molar-refractivity contribution is -0.116. The zero-order valence-electron chi connectivity index (χ0n) is 15.9. The monoisotopic (exact) mass is 399 g/mol. The van der Waals surface area contributed by atoms with Gasteiger partial charge in [0.05, 0.1) is 16.7 Å². The highest BCUT2D eigenvalue weighted by Gasteiger charge is 2.17. The molecule has 3 aromatic rings. The highest BCUT2D eigenvalue weighted by Crippen LogP contribution is 2.21. The first kappa shape index (κ1) is 20.1. The third kappa shape index (κ3) is 4.25. The van der Waals surface area contributed by atoms with Gasteiger partial charge in [-0.2, -0.15) is 0 Å². The number of carbonyl (C=O) groups excluding carboxylic acids is 1. The van der Waals surface area contributed by atoms with E-state index >= 15 is 0 Å². The lowest BCUT2D eigenvalue weighted by Gasteiger charge is -2.21. The maximum absolute atomic E-state index is 13.2. The van der Waals surface area contributed by atoms with E-state index in [0.29, 0.717) is 34.8 Å². The lowest BCUT2D eigenvalue weighted by Crippen LogP contribution is -2.32. The number of nitrogens with zero attached hydrogens (tertiary/aromatic N) is 3. The van der Waals surface area contributed by atoms with Crippen molar-refractivity contribution in [2.45, 2.75) is 32.0 Å². The minimum absolute atomic E-state index is 0.0896. The van der Waals surface area contributed by atoms with Gasteiger partial charge in [0, 0.05) is 18.8 Å². The molecule has 1 heterocycles. The van der Waals surface area contributed by atoms with Gasteiger partial charge in [-0.05, 0) is 49.7 Å². The van der Waals surface area contributed by atoms with Crippen molar-refractivity contribution in [3.05, 3.63) is 64.7 Å². The molecule has 3 rings (SSSR count). The van der Waals surface area contributed by atoms with Crippen molar-refractivity contribution in [1.29, 1.82) is 0 Å². The average Bonchev–Trinajstić information content (AvgIpc) is 2.71. The van der Waals surface area contributed by atoms with Crippen molar-refractivity contribution in [1.82, 2.24) is 9.55 Å². The summed E-state index contributed by atoms with van der Waals surface area (Å²) in [5, 5.41) is 1.11. The molecule has 0 radical (unpaired) electrons. The van der Waals surface area contributed by atoms with E-state index in [1.54, 1.807) is 33.7 Å². The summed E-state index contributed by atoms with van der Waals surface area (Å²) in [6.45, 7) is 4.88. The standard InChI is InChI=1S/C21H22FN3O2S/c1-3-13-25-20(27)17-7-5-6-8-18(17)23-21(25)28-14-19(26)24(4-2)16-11-9-15(22)10-12-16/h5-12H,3-4,13-14H2,1-2H3. The Morgan fingerprint density at radius 2 is 1.86 bits per heavy atom. The second kappa shape index (κ2) is 9.01. The number of benzene rings is 2. The average molecular weight is 399 g/mol. The molecule has 0 bridgehead atoms. The van der Waals surface area contributed by atoms with Gasteiger partial charge in [0.15, 0.2) is 5.16 Å². The summed E-state index contributed by atoms with van der Waals surface area (Å²) < 4.78 is 14.8. The van der Waals surface area contributed by atoms with Crippen molar-refractivity contribution in [3.8, 4) is 0 Å². The third-order valence-corrected chi connectivity index (χ3v) is 5.32. The first-order valence-electron chi connectivity index (χ1n) is 9.23. The van der Waals surface area contributed by atoms with Crippen LogP contribution in [0.25, 0.3) is 10.9 Å². The maximum Gasteiger partial charge on any atom is 0.262 e. The predicted molar refractivity (Wildman–Crippen MR) is 111 cm³/mol.